The monoisotopic (exact) mass is 768 g/mol. The quantitative estimate of drug-likeness (QED) is 0.129. The van der Waals surface area contributed by atoms with Crippen LogP contribution in [-0.4, -0.2) is 70.8 Å². The SMILES string of the molecule is CC/C=C\C/C=C\C/C=C\C/C=C\C/C=C\C/C=C\CCC(=O)Nc1ccn([C@@H]2CS[C@H](CO)O2)c(=O)n1.Nc1ccn([C@@H]2CS[C@H](CO)O2)c(=O)n1. The van der Waals surface area contributed by atoms with E-state index in [4.69, 9.17) is 25.4 Å². The number of anilines is 2. The Labute approximate surface area is 319 Å². The van der Waals surface area contributed by atoms with E-state index < -0.39 is 17.6 Å². The fraction of sp³-hybridized carbons (Fsp3) is 0.447. The maximum atomic E-state index is 12.3. The Hall–Kier alpha value is -3.99. The van der Waals surface area contributed by atoms with Gasteiger partial charge in [-0.25, -0.2) is 9.59 Å². The lowest BCUT2D eigenvalue weighted by Gasteiger charge is -2.14. The van der Waals surface area contributed by atoms with Crippen LogP contribution in [0.25, 0.3) is 0 Å². The number of amides is 1. The predicted octanol–water partition coefficient (Wildman–Crippen LogP) is 5.65. The molecule has 0 bridgehead atoms. The van der Waals surface area contributed by atoms with Crippen LogP contribution < -0.4 is 22.4 Å². The fourth-order valence-electron chi connectivity index (χ4n) is 4.78. The van der Waals surface area contributed by atoms with Crippen LogP contribution in [0.5, 0.6) is 0 Å². The number of nitrogens with one attached hydrogen (secondary N) is 1. The van der Waals surface area contributed by atoms with Gasteiger partial charge in [-0.2, -0.15) is 9.97 Å². The number of aliphatic hydroxyl groups is 2. The average molecular weight is 769 g/mol. The van der Waals surface area contributed by atoms with Gasteiger partial charge in [0.1, 0.15) is 35.0 Å². The van der Waals surface area contributed by atoms with Crippen molar-refractivity contribution in [3.63, 3.8) is 0 Å². The topological polar surface area (TPSA) is 184 Å². The van der Waals surface area contributed by atoms with E-state index in [0.717, 1.165) is 38.5 Å². The Morgan fingerprint density at radius 2 is 1.23 bits per heavy atom. The number of hydrogen-bond donors (Lipinski definition) is 4. The summed E-state index contributed by atoms with van der Waals surface area (Å²) in [5, 5.41) is 20.7. The van der Waals surface area contributed by atoms with Crippen LogP contribution >= 0.6 is 23.5 Å². The van der Waals surface area contributed by atoms with Gasteiger partial charge in [-0.3, -0.25) is 13.9 Å². The molecule has 0 radical (unpaired) electrons. The Balaban J connectivity index is 0.000000415. The van der Waals surface area contributed by atoms with Crippen LogP contribution in [0.15, 0.2) is 107 Å². The smallest absolute Gasteiger partial charge is 0.351 e. The third-order valence-corrected chi connectivity index (χ3v) is 9.69. The molecule has 2 aromatic rings. The molecular weight excluding hydrogens is 717 g/mol. The van der Waals surface area contributed by atoms with Crippen molar-refractivity contribution >= 4 is 41.1 Å². The average Bonchev–Trinajstić information content (AvgIpc) is 3.83. The van der Waals surface area contributed by atoms with E-state index in [1.165, 1.54) is 32.7 Å². The summed E-state index contributed by atoms with van der Waals surface area (Å²) < 4.78 is 13.7. The van der Waals surface area contributed by atoms with Crippen molar-refractivity contribution in [3.8, 4) is 0 Å². The molecule has 53 heavy (non-hydrogen) atoms. The summed E-state index contributed by atoms with van der Waals surface area (Å²) in [5.41, 5.74) is 3.84. The molecule has 0 aromatic carbocycles. The number of nitrogens with two attached hydrogens (primary N) is 1. The highest BCUT2D eigenvalue weighted by molar-refractivity contribution is 8.00. The van der Waals surface area contributed by atoms with E-state index in [1.54, 1.807) is 24.5 Å². The molecule has 4 atom stereocenters. The maximum Gasteiger partial charge on any atom is 0.351 e. The number of hydrogen-bond acceptors (Lipinski definition) is 12. The zero-order valence-electron chi connectivity index (χ0n) is 30.2. The predicted molar refractivity (Wildman–Crippen MR) is 214 cm³/mol. The lowest BCUT2D eigenvalue weighted by Crippen LogP contribution is -2.29. The van der Waals surface area contributed by atoms with Crippen molar-refractivity contribution in [2.24, 2.45) is 0 Å². The highest BCUT2D eigenvalue weighted by Gasteiger charge is 2.28. The number of carbonyl (C=O) groups excluding carboxylic acids is 1. The zero-order chi connectivity index (χ0) is 38.1. The van der Waals surface area contributed by atoms with Gasteiger partial charge in [0, 0.05) is 30.3 Å². The van der Waals surface area contributed by atoms with Crippen LogP contribution in [0.2, 0.25) is 0 Å². The zero-order valence-corrected chi connectivity index (χ0v) is 31.8. The fourth-order valence-corrected chi connectivity index (χ4v) is 6.64. The number of aliphatic hydroxyl groups excluding tert-OH is 2. The molecule has 13 nitrogen and oxygen atoms in total. The molecule has 0 saturated carbocycles. The number of ether oxygens (including phenoxy) is 2. The summed E-state index contributed by atoms with van der Waals surface area (Å²) >= 11 is 2.91. The molecule has 4 heterocycles. The molecule has 0 unspecified atom stereocenters. The maximum absolute atomic E-state index is 12.3. The summed E-state index contributed by atoms with van der Waals surface area (Å²) in [6.07, 6.45) is 34.8. The van der Waals surface area contributed by atoms with Gasteiger partial charge in [0.25, 0.3) is 0 Å². The molecule has 2 aromatic heterocycles. The summed E-state index contributed by atoms with van der Waals surface area (Å²) in [6.45, 7) is 1.98. The minimum atomic E-state index is -0.496. The van der Waals surface area contributed by atoms with Crippen molar-refractivity contribution in [1.29, 1.82) is 0 Å². The molecule has 2 fully saturated rings. The molecule has 0 aliphatic carbocycles. The van der Waals surface area contributed by atoms with E-state index >= 15 is 0 Å². The van der Waals surface area contributed by atoms with E-state index in [-0.39, 0.29) is 47.9 Å². The van der Waals surface area contributed by atoms with Crippen LogP contribution in [0.1, 0.15) is 70.7 Å². The third kappa shape index (κ3) is 17.1. The number of nitrogen functional groups attached to an aromatic ring is 1. The van der Waals surface area contributed by atoms with Crippen LogP contribution in [0.3, 0.4) is 0 Å². The molecule has 15 heteroatoms. The minimum absolute atomic E-state index is 0.0572. The molecule has 288 valence electrons. The first-order valence-corrected chi connectivity index (χ1v) is 19.8. The van der Waals surface area contributed by atoms with Crippen LogP contribution in [-0.2, 0) is 14.3 Å². The summed E-state index contributed by atoms with van der Waals surface area (Å²) in [7, 11) is 0. The molecule has 1 amide bonds. The van der Waals surface area contributed by atoms with Gasteiger partial charge in [-0.1, -0.05) is 79.8 Å². The van der Waals surface area contributed by atoms with Gasteiger partial charge >= 0.3 is 11.4 Å². The standard InChI is InChI=1S/C30H41N3O4S.C8H11N3O3S/c1-2-3-4-5-6-7-8-9-10-11-12-13-14-15-16-17-18-19-20-21-27(35)31-26-22-23-33(30(36)32-26)28-25-38-29(24-34)37-28;9-5-1-2-11(8(13)10-5)6-4-15-7(3-12)14-6/h3-4,6-7,9-10,12-13,15-16,18-19,22-23,28-29,34H,2,5,8,11,14,17,20-21,24-25H2,1H3,(H,31,32,35,36);1-2,6-7,12H,3-4H2,(H2,9,10,13)/b4-3-,7-6-,10-9-,13-12-,16-15-,19-18-;/t28-,29+;6-,7+/m00/s1. The second-order valence-electron chi connectivity index (χ2n) is 11.6. The number of rotatable bonds is 19. The lowest BCUT2D eigenvalue weighted by atomic mass is 10.2. The number of thioether (sulfide) groups is 2. The van der Waals surface area contributed by atoms with Crippen molar-refractivity contribution < 1.29 is 24.5 Å². The van der Waals surface area contributed by atoms with Crippen LogP contribution in [0, 0.1) is 0 Å². The van der Waals surface area contributed by atoms with E-state index in [0.29, 0.717) is 24.3 Å². The molecule has 5 N–H and O–H groups in total. The normalized spacial score (nSPS) is 20.5. The molecule has 2 aliphatic rings. The molecular formula is C38H52N6O7S2. The Morgan fingerprint density at radius 3 is 1.66 bits per heavy atom. The molecule has 4 rings (SSSR count). The Kier molecular flexibility index (Phi) is 21.2. The summed E-state index contributed by atoms with van der Waals surface area (Å²) in [4.78, 5) is 43.4. The summed E-state index contributed by atoms with van der Waals surface area (Å²) in [6, 6.07) is 3.12. The lowest BCUT2D eigenvalue weighted by molar-refractivity contribution is -0.116. The first kappa shape index (κ1) is 43.4. The van der Waals surface area contributed by atoms with Crippen molar-refractivity contribution in [2.75, 3.05) is 35.8 Å². The van der Waals surface area contributed by atoms with Gasteiger partial charge in [0.2, 0.25) is 5.91 Å². The van der Waals surface area contributed by atoms with Gasteiger partial charge in [0.05, 0.1) is 13.2 Å². The van der Waals surface area contributed by atoms with Gasteiger partial charge in [-0.15, -0.1) is 23.5 Å². The first-order chi connectivity index (χ1) is 25.8. The molecule has 2 aliphatic heterocycles. The highest BCUT2D eigenvalue weighted by Crippen LogP contribution is 2.31. The number of nitrogens with zero attached hydrogens (tertiary/aromatic N) is 4. The third-order valence-electron chi connectivity index (χ3n) is 7.47. The summed E-state index contributed by atoms with van der Waals surface area (Å²) in [5.74, 6) is 1.41. The second kappa shape index (κ2) is 25.9. The van der Waals surface area contributed by atoms with Gasteiger partial charge in [-0.05, 0) is 57.1 Å². The highest BCUT2D eigenvalue weighted by atomic mass is 32.2. The number of aromatic nitrogens is 4. The Morgan fingerprint density at radius 1 is 0.774 bits per heavy atom. The minimum Gasteiger partial charge on any atom is -0.393 e. The van der Waals surface area contributed by atoms with E-state index in [9.17, 15) is 14.4 Å². The van der Waals surface area contributed by atoms with E-state index in [2.05, 4.69) is 83.0 Å². The van der Waals surface area contributed by atoms with Gasteiger partial charge in [0.15, 0.2) is 0 Å². The molecule has 0 spiro atoms. The Bertz CT molecular complexity index is 1690. The molecule has 2 saturated heterocycles. The van der Waals surface area contributed by atoms with Crippen molar-refractivity contribution in [3.05, 3.63) is 118 Å². The van der Waals surface area contributed by atoms with Crippen molar-refractivity contribution in [1.82, 2.24) is 19.1 Å². The number of carbonyl (C=O) groups is 1. The van der Waals surface area contributed by atoms with Crippen molar-refractivity contribution in [2.45, 2.75) is 81.6 Å². The largest absolute Gasteiger partial charge is 0.393 e. The van der Waals surface area contributed by atoms with Crippen LogP contribution in [0.4, 0.5) is 11.6 Å². The first-order valence-electron chi connectivity index (χ1n) is 17.7. The van der Waals surface area contributed by atoms with E-state index in [1.807, 2.05) is 12.2 Å². The number of allylic oxidation sites excluding steroid dienone is 12. The van der Waals surface area contributed by atoms with Gasteiger partial charge < -0.3 is 30.7 Å². The second-order valence-corrected chi connectivity index (χ2v) is 14.0.